The lowest BCUT2D eigenvalue weighted by Gasteiger charge is -2.11. The van der Waals surface area contributed by atoms with Crippen molar-refractivity contribution in [2.45, 2.75) is 38.5 Å². The van der Waals surface area contributed by atoms with Gasteiger partial charge in [-0.2, -0.15) is 0 Å². The van der Waals surface area contributed by atoms with Gasteiger partial charge in [-0.25, -0.2) is 8.42 Å². The van der Waals surface area contributed by atoms with Gasteiger partial charge in [-0.05, 0) is 31.4 Å². The minimum atomic E-state index is -3.47. The van der Waals surface area contributed by atoms with Crippen molar-refractivity contribution in [1.29, 1.82) is 0 Å². The summed E-state index contributed by atoms with van der Waals surface area (Å²) < 4.78 is 23.0. The van der Waals surface area contributed by atoms with Gasteiger partial charge < -0.3 is 4.98 Å². The minimum Gasteiger partial charge on any atom is -0.325 e. The van der Waals surface area contributed by atoms with Crippen LogP contribution in [0.15, 0.2) is 9.69 Å². The molecule has 0 aliphatic rings. The predicted molar refractivity (Wildman–Crippen MR) is 63.6 cm³/mol. The van der Waals surface area contributed by atoms with Gasteiger partial charge in [0.05, 0.1) is 0 Å². The highest BCUT2D eigenvalue weighted by molar-refractivity contribution is 7.90. The molecule has 0 amide bonds. The Balaban J connectivity index is 3.65. The monoisotopic (exact) mass is 243 g/mol. The standard InChI is InChI=1S/C11H17NO3S/c1-5-6-9-7(2)10(16(4,14)15)11(13)12-8(9)3/h5-6H2,1-4H3,(H,12,13). The van der Waals surface area contributed by atoms with E-state index in [-0.39, 0.29) is 4.90 Å². The first-order valence-electron chi connectivity index (χ1n) is 5.21. The lowest BCUT2D eigenvalue weighted by atomic mass is 10.0. The SMILES string of the molecule is CCCc1c(C)[nH]c(=O)c(S(C)(=O)=O)c1C. The summed E-state index contributed by atoms with van der Waals surface area (Å²) in [4.78, 5) is 14.1. The summed E-state index contributed by atoms with van der Waals surface area (Å²) in [5.74, 6) is 0. The van der Waals surface area contributed by atoms with Gasteiger partial charge in [0.15, 0.2) is 9.84 Å². The van der Waals surface area contributed by atoms with Crippen LogP contribution in [-0.4, -0.2) is 19.7 Å². The second-order valence-electron chi connectivity index (χ2n) is 4.03. The molecule has 0 aliphatic carbocycles. The van der Waals surface area contributed by atoms with Crippen molar-refractivity contribution >= 4 is 9.84 Å². The summed E-state index contributed by atoms with van der Waals surface area (Å²) >= 11 is 0. The summed E-state index contributed by atoms with van der Waals surface area (Å²) in [5.41, 5.74) is 1.77. The average Bonchev–Trinajstić information content (AvgIpc) is 2.09. The Morgan fingerprint density at radius 2 is 1.81 bits per heavy atom. The van der Waals surface area contributed by atoms with Crippen LogP contribution in [0, 0.1) is 13.8 Å². The Kier molecular flexibility index (Phi) is 3.57. The molecule has 16 heavy (non-hydrogen) atoms. The largest absolute Gasteiger partial charge is 0.325 e. The normalized spacial score (nSPS) is 11.8. The summed E-state index contributed by atoms with van der Waals surface area (Å²) in [6, 6.07) is 0. The maximum Gasteiger partial charge on any atom is 0.267 e. The molecular formula is C11H17NO3S. The van der Waals surface area contributed by atoms with Gasteiger partial charge in [-0.15, -0.1) is 0 Å². The van der Waals surface area contributed by atoms with Crippen molar-refractivity contribution in [2.24, 2.45) is 0 Å². The van der Waals surface area contributed by atoms with Gasteiger partial charge in [-0.1, -0.05) is 13.3 Å². The molecule has 1 aromatic heterocycles. The highest BCUT2D eigenvalue weighted by atomic mass is 32.2. The number of aryl methyl sites for hydroxylation is 1. The molecule has 0 unspecified atom stereocenters. The van der Waals surface area contributed by atoms with E-state index in [1.807, 2.05) is 6.92 Å². The molecular weight excluding hydrogens is 226 g/mol. The van der Waals surface area contributed by atoms with Crippen LogP contribution >= 0.6 is 0 Å². The van der Waals surface area contributed by atoms with Crippen LogP contribution in [0.25, 0.3) is 0 Å². The summed E-state index contributed by atoms with van der Waals surface area (Å²) in [7, 11) is -3.47. The van der Waals surface area contributed by atoms with Crippen molar-refractivity contribution in [3.05, 3.63) is 27.2 Å². The number of aromatic amines is 1. The molecule has 0 saturated heterocycles. The summed E-state index contributed by atoms with van der Waals surface area (Å²) in [5, 5.41) is 0. The van der Waals surface area contributed by atoms with Crippen LogP contribution in [0.1, 0.15) is 30.2 Å². The number of pyridine rings is 1. The molecule has 0 spiro atoms. The van der Waals surface area contributed by atoms with E-state index < -0.39 is 15.4 Å². The first-order valence-corrected chi connectivity index (χ1v) is 7.10. The maximum absolute atomic E-state index is 11.6. The zero-order valence-corrected chi connectivity index (χ0v) is 10.9. The Labute approximate surface area is 95.6 Å². The second kappa shape index (κ2) is 4.41. The van der Waals surface area contributed by atoms with Gasteiger partial charge in [0.2, 0.25) is 0 Å². The van der Waals surface area contributed by atoms with E-state index >= 15 is 0 Å². The van der Waals surface area contributed by atoms with Gasteiger partial charge in [0, 0.05) is 11.9 Å². The first-order chi connectivity index (χ1) is 7.29. The number of H-pyrrole nitrogens is 1. The molecule has 0 fully saturated rings. The zero-order valence-electron chi connectivity index (χ0n) is 10.0. The molecule has 0 radical (unpaired) electrons. The minimum absolute atomic E-state index is 0.0958. The van der Waals surface area contributed by atoms with Crippen LogP contribution in [0.4, 0.5) is 0 Å². The third kappa shape index (κ3) is 2.35. The van der Waals surface area contributed by atoms with Crippen LogP contribution in [0.2, 0.25) is 0 Å². The number of sulfone groups is 1. The van der Waals surface area contributed by atoms with E-state index in [0.29, 0.717) is 5.56 Å². The van der Waals surface area contributed by atoms with E-state index in [4.69, 9.17) is 0 Å². The smallest absolute Gasteiger partial charge is 0.267 e. The van der Waals surface area contributed by atoms with Crippen molar-refractivity contribution in [3.63, 3.8) is 0 Å². The number of hydrogen-bond donors (Lipinski definition) is 1. The number of rotatable bonds is 3. The van der Waals surface area contributed by atoms with Gasteiger partial charge in [-0.3, -0.25) is 4.79 Å². The number of nitrogens with one attached hydrogen (secondary N) is 1. The molecule has 0 aliphatic heterocycles. The lowest BCUT2D eigenvalue weighted by Crippen LogP contribution is -2.21. The van der Waals surface area contributed by atoms with Crippen molar-refractivity contribution in [1.82, 2.24) is 4.98 Å². The number of aromatic nitrogens is 1. The summed E-state index contributed by atoms with van der Waals surface area (Å²) in [6.45, 7) is 5.51. The molecule has 4 nitrogen and oxygen atoms in total. The summed E-state index contributed by atoms with van der Waals surface area (Å²) in [6.07, 6.45) is 2.75. The topological polar surface area (TPSA) is 67.0 Å². The molecule has 1 N–H and O–H groups in total. The fourth-order valence-corrected chi connectivity index (χ4v) is 3.03. The number of hydrogen-bond acceptors (Lipinski definition) is 3. The Hall–Kier alpha value is -1.10. The molecule has 1 rings (SSSR count). The lowest BCUT2D eigenvalue weighted by molar-refractivity contribution is 0.599. The predicted octanol–water partition coefficient (Wildman–Crippen LogP) is 1.35. The van der Waals surface area contributed by atoms with Gasteiger partial charge >= 0.3 is 0 Å². The molecule has 5 heteroatoms. The Morgan fingerprint density at radius 1 is 1.25 bits per heavy atom. The van der Waals surface area contributed by atoms with E-state index in [2.05, 4.69) is 4.98 Å². The third-order valence-corrected chi connectivity index (χ3v) is 3.86. The van der Waals surface area contributed by atoms with Gasteiger partial charge in [0.25, 0.3) is 5.56 Å². The van der Waals surface area contributed by atoms with Crippen LogP contribution in [0.3, 0.4) is 0 Å². The van der Waals surface area contributed by atoms with E-state index in [0.717, 1.165) is 30.4 Å². The van der Waals surface area contributed by atoms with Crippen LogP contribution < -0.4 is 5.56 Å². The van der Waals surface area contributed by atoms with Crippen molar-refractivity contribution in [2.75, 3.05) is 6.26 Å². The second-order valence-corrected chi connectivity index (χ2v) is 5.99. The van der Waals surface area contributed by atoms with E-state index in [1.165, 1.54) is 0 Å². The maximum atomic E-state index is 11.6. The zero-order chi connectivity index (χ0) is 12.5. The molecule has 0 aromatic carbocycles. The third-order valence-electron chi connectivity index (χ3n) is 2.62. The quantitative estimate of drug-likeness (QED) is 0.871. The molecule has 0 atom stereocenters. The fraction of sp³-hybridized carbons (Fsp3) is 0.545. The molecule has 1 aromatic rings. The van der Waals surface area contributed by atoms with Crippen molar-refractivity contribution < 1.29 is 8.42 Å². The molecule has 90 valence electrons. The average molecular weight is 243 g/mol. The van der Waals surface area contributed by atoms with E-state index in [1.54, 1.807) is 13.8 Å². The Morgan fingerprint density at radius 3 is 2.25 bits per heavy atom. The molecule has 0 saturated carbocycles. The van der Waals surface area contributed by atoms with E-state index in [9.17, 15) is 13.2 Å². The fourth-order valence-electron chi connectivity index (χ4n) is 1.96. The molecule has 1 heterocycles. The van der Waals surface area contributed by atoms with Crippen LogP contribution in [0.5, 0.6) is 0 Å². The van der Waals surface area contributed by atoms with Crippen molar-refractivity contribution in [3.8, 4) is 0 Å². The highest BCUT2D eigenvalue weighted by Gasteiger charge is 2.19. The Bertz CT molecular complexity index is 555. The first kappa shape index (κ1) is 13.0. The highest BCUT2D eigenvalue weighted by Crippen LogP contribution is 2.18. The van der Waals surface area contributed by atoms with Gasteiger partial charge in [0.1, 0.15) is 4.90 Å². The molecule has 0 bridgehead atoms. The van der Waals surface area contributed by atoms with Crippen LogP contribution in [-0.2, 0) is 16.3 Å².